The van der Waals surface area contributed by atoms with E-state index in [9.17, 15) is 38.4 Å². The van der Waals surface area contributed by atoms with E-state index in [1.165, 1.54) is 35.2 Å². The molecular weight excluding hydrogens is 1040 g/mol. The summed E-state index contributed by atoms with van der Waals surface area (Å²) in [6.07, 6.45) is 2.24. The number of carbonyl (C=O) groups is 6. The molecule has 3 heterocycles. The molecule has 22 nitrogen and oxygen atoms in total. The van der Waals surface area contributed by atoms with E-state index in [4.69, 9.17) is 14.2 Å². The second kappa shape index (κ2) is 24.6. The number of fused-ring (bicyclic) bond motifs is 4. The molecule has 1 aliphatic rings. The van der Waals surface area contributed by atoms with Gasteiger partial charge in [-0.15, -0.1) is 0 Å². The van der Waals surface area contributed by atoms with Crippen LogP contribution in [0.2, 0.25) is 0 Å². The van der Waals surface area contributed by atoms with Crippen LogP contribution in [0.3, 0.4) is 0 Å². The Morgan fingerprint density at radius 3 is 1.86 bits per heavy atom. The van der Waals surface area contributed by atoms with Gasteiger partial charge in [0.15, 0.2) is 17.0 Å². The highest BCUT2D eigenvalue weighted by Gasteiger charge is 2.30. The summed E-state index contributed by atoms with van der Waals surface area (Å²) >= 11 is 0. The number of carbonyl (C=O) groups excluding carboxylic acids is 6. The van der Waals surface area contributed by atoms with Gasteiger partial charge in [-0.3, -0.25) is 44.2 Å². The summed E-state index contributed by atoms with van der Waals surface area (Å²) in [6.45, 7) is 4.05. The largest absolute Gasteiger partial charge is 0.459 e. The van der Waals surface area contributed by atoms with E-state index in [0.717, 1.165) is 37.3 Å². The maximum absolute atomic E-state index is 14.7. The number of benzene rings is 5. The van der Waals surface area contributed by atoms with Crippen molar-refractivity contribution in [2.45, 2.75) is 72.0 Å². The summed E-state index contributed by atoms with van der Waals surface area (Å²) in [6, 6.07) is 38.3. The van der Waals surface area contributed by atoms with Crippen molar-refractivity contribution in [3.63, 3.8) is 0 Å². The molecule has 9 rings (SSSR count). The van der Waals surface area contributed by atoms with Crippen molar-refractivity contribution in [2.75, 3.05) is 35.6 Å². The second-order valence-electron chi connectivity index (χ2n) is 20.1. The van der Waals surface area contributed by atoms with Crippen LogP contribution in [0.5, 0.6) is 0 Å². The summed E-state index contributed by atoms with van der Waals surface area (Å²) < 4.78 is 19.2. The smallest absolute Gasteiger partial charge is 0.413 e. The van der Waals surface area contributed by atoms with Gasteiger partial charge in [0.05, 0.1) is 6.33 Å². The quantitative estimate of drug-likeness (QED) is 0.0463. The first-order valence-electron chi connectivity index (χ1n) is 25.7. The summed E-state index contributed by atoms with van der Waals surface area (Å²) in [4.78, 5) is 125. The lowest BCUT2D eigenvalue weighted by molar-refractivity contribution is -0.159. The van der Waals surface area contributed by atoms with Crippen LogP contribution in [0.15, 0.2) is 156 Å². The summed E-state index contributed by atoms with van der Waals surface area (Å²) in [5, 5.41) is 8.29. The lowest BCUT2D eigenvalue weighted by atomic mass is 9.98. The normalized spacial score (nSPS) is 11.7. The van der Waals surface area contributed by atoms with Crippen LogP contribution in [0.4, 0.5) is 26.8 Å². The molecule has 5 amide bonds. The van der Waals surface area contributed by atoms with E-state index in [2.05, 4.69) is 35.9 Å². The van der Waals surface area contributed by atoms with E-state index >= 15 is 0 Å². The number of aromatic amines is 1. The number of hydrogen-bond acceptors (Lipinski definition) is 14. The Morgan fingerprint density at radius 2 is 1.21 bits per heavy atom. The van der Waals surface area contributed by atoms with Crippen molar-refractivity contribution in [2.24, 2.45) is 0 Å². The van der Waals surface area contributed by atoms with Crippen LogP contribution in [-0.4, -0.2) is 100 Å². The highest BCUT2D eigenvalue weighted by molar-refractivity contribution is 5.96. The number of nitrogens with zero attached hydrogens (tertiary/aromatic N) is 7. The van der Waals surface area contributed by atoms with Crippen LogP contribution in [0.25, 0.3) is 22.3 Å². The zero-order chi connectivity index (χ0) is 57.2. The molecule has 0 saturated heterocycles. The van der Waals surface area contributed by atoms with E-state index in [1.807, 2.05) is 78.9 Å². The Balaban J connectivity index is 0.952. The van der Waals surface area contributed by atoms with E-state index in [-0.39, 0.29) is 60.5 Å². The molecule has 5 aromatic carbocycles. The van der Waals surface area contributed by atoms with Crippen molar-refractivity contribution >= 4 is 64.2 Å². The zero-order valence-electron chi connectivity index (χ0n) is 44.7. The fraction of sp³-hybridized carbons (Fsp3) is 0.237. The zero-order valence-corrected chi connectivity index (χ0v) is 44.7. The van der Waals surface area contributed by atoms with E-state index in [1.54, 1.807) is 69.3 Å². The first-order chi connectivity index (χ1) is 39.0. The van der Waals surface area contributed by atoms with Crippen molar-refractivity contribution in [3.05, 3.63) is 200 Å². The topological polar surface area (TPSA) is 271 Å². The average Bonchev–Trinajstić information content (AvgIpc) is 4.08. The maximum atomic E-state index is 14.7. The molecule has 0 atom stereocenters. The van der Waals surface area contributed by atoms with Gasteiger partial charge in [0, 0.05) is 42.1 Å². The number of nitrogens with one attached hydrogen (secondary N) is 4. The van der Waals surface area contributed by atoms with Crippen LogP contribution in [-0.2, 0) is 66.2 Å². The number of hydrogen-bond donors (Lipinski definition) is 4. The number of H-pyrrole nitrogens is 1. The molecule has 0 bridgehead atoms. The van der Waals surface area contributed by atoms with Crippen LogP contribution < -0.4 is 27.2 Å². The minimum atomic E-state index is -0.901. The van der Waals surface area contributed by atoms with Crippen LogP contribution >= 0.6 is 0 Å². The van der Waals surface area contributed by atoms with Gasteiger partial charge in [-0.05, 0) is 78.8 Å². The fourth-order valence-electron chi connectivity index (χ4n) is 9.24. The van der Waals surface area contributed by atoms with Gasteiger partial charge in [-0.1, -0.05) is 115 Å². The predicted molar refractivity (Wildman–Crippen MR) is 299 cm³/mol. The Labute approximate surface area is 463 Å². The molecule has 0 saturated carbocycles. The second-order valence-corrected chi connectivity index (χ2v) is 20.1. The minimum Gasteiger partial charge on any atom is -0.459 e. The lowest BCUT2D eigenvalue weighted by Gasteiger charge is -2.27. The first-order valence-corrected chi connectivity index (χ1v) is 25.7. The van der Waals surface area contributed by atoms with Gasteiger partial charge in [0.2, 0.25) is 17.7 Å². The maximum Gasteiger partial charge on any atom is 0.413 e. The number of rotatable bonds is 19. The number of ether oxygens (including phenoxy) is 3. The number of imidazole rings is 1. The third kappa shape index (κ3) is 13.9. The summed E-state index contributed by atoms with van der Waals surface area (Å²) in [5.41, 5.74) is 4.52. The first kappa shape index (κ1) is 55.5. The number of aromatic nitrogens is 6. The molecule has 0 spiro atoms. The molecule has 4 N–H and O–H groups in total. The number of aryl methyl sites for hydroxylation is 1. The third-order valence-electron chi connectivity index (χ3n) is 13.0. The monoisotopic (exact) mass is 1100 g/mol. The lowest BCUT2D eigenvalue weighted by Crippen LogP contribution is -2.42. The molecule has 3 aromatic heterocycles. The SMILES string of the molecule is Cc1cn(CC(=O)N(CC(=O)OC(C)(C)C)Cc2ccccc2NC(=O)CN(Cc2ccccc2NC(=O)OCC2c3ccccc3-c3ccccc32)C(=O)Cn2cnc3c(NC(=O)OCc4ccccc4)ncnc32)c(=O)[nH]c1=O. The summed E-state index contributed by atoms with van der Waals surface area (Å²) in [5.74, 6) is -2.86. The molecule has 1 aliphatic carbocycles. The van der Waals surface area contributed by atoms with Gasteiger partial charge in [0.25, 0.3) is 5.56 Å². The van der Waals surface area contributed by atoms with Gasteiger partial charge in [0.1, 0.15) is 51.3 Å². The molecule has 414 valence electrons. The van der Waals surface area contributed by atoms with Crippen molar-refractivity contribution in [1.82, 2.24) is 38.9 Å². The molecule has 22 heteroatoms. The minimum absolute atomic E-state index is 0.00186. The van der Waals surface area contributed by atoms with Crippen molar-refractivity contribution in [3.8, 4) is 11.1 Å². The Hall–Kier alpha value is -10.3. The molecule has 0 aliphatic heterocycles. The Kier molecular flexibility index (Phi) is 16.9. The molecule has 0 fully saturated rings. The van der Waals surface area contributed by atoms with Gasteiger partial charge in [-0.25, -0.2) is 29.3 Å². The number of anilines is 3. The average molecular weight is 1100 g/mol. The van der Waals surface area contributed by atoms with E-state index < -0.39 is 78.9 Å². The van der Waals surface area contributed by atoms with Gasteiger partial charge < -0.3 is 33.9 Å². The number of amides is 5. The molecule has 0 unspecified atom stereocenters. The number of para-hydroxylation sites is 2. The molecule has 81 heavy (non-hydrogen) atoms. The van der Waals surface area contributed by atoms with Gasteiger partial charge in [-0.2, -0.15) is 0 Å². The Morgan fingerprint density at radius 1 is 0.642 bits per heavy atom. The summed E-state index contributed by atoms with van der Waals surface area (Å²) in [7, 11) is 0. The Bertz CT molecular complexity index is 3750. The molecule has 8 aromatic rings. The van der Waals surface area contributed by atoms with Crippen LogP contribution in [0, 0.1) is 6.92 Å². The van der Waals surface area contributed by atoms with Crippen molar-refractivity contribution in [1.29, 1.82) is 0 Å². The number of esters is 1. The predicted octanol–water partition coefficient (Wildman–Crippen LogP) is 7.13. The highest BCUT2D eigenvalue weighted by Crippen LogP contribution is 2.44. The van der Waals surface area contributed by atoms with Crippen LogP contribution in [0.1, 0.15) is 60.1 Å². The van der Waals surface area contributed by atoms with Crippen molar-refractivity contribution < 1.29 is 43.0 Å². The third-order valence-corrected chi connectivity index (χ3v) is 13.0. The standard InChI is InChI=1S/C59H57N11O11/c1-37-26-69(56(76)66-55(37)75)30-49(72)68(32-51(74)81-59(2,3)4)28-39-18-8-14-24-46(39)63-48(71)29-67(50(73)31-70-36-62-52-53(60-35-61-54(52)70)65-58(78)79-33-38-16-6-5-7-17-38)27-40-19-9-15-25-47(40)64-57(77)80-34-45-43-22-12-10-20-41(43)42-21-11-13-23-44(42)45/h5-26,35-36,45H,27-34H2,1-4H3,(H,63,71)(H,64,77)(H,66,75,76)(H,60,61,65,78). The fourth-order valence-corrected chi connectivity index (χ4v) is 9.24. The molecular formula is C59H57N11O11. The van der Waals surface area contributed by atoms with Gasteiger partial charge >= 0.3 is 23.8 Å². The highest BCUT2D eigenvalue weighted by atomic mass is 16.6. The van der Waals surface area contributed by atoms with E-state index in [0.29, 0.717) is 16.8 Å². The molecule has 0 radical (unpaired) electrons.